The zero-order valence-electron chi connectivity index (χ0n) is 20.1. The van der Waals surface area contributed by atoms with Crippen molar-refractivity contribution in [3.05, 3.63) is 59.7 Å². The third-order valence-corrected chi connectivity index (χ3v) is 7.10. The highest BCUT2D eigenvalue weighted by Crippen LogP contribution is 2.36. The van der Waals surface area contributed by atoms with Gasteiger partial charge in [-0.1, -0.05) is 101 Å². The van der Waals surface area contributed by atoms with Crippen LogP contribution in [0, 0.1) is 5.92 Å². The predicted octanol–water partition coefficient (Wildman–Crippen LogP) is 8.54. The topological polar surface area (TPSA) is 34.1 Å². The fourth-order valence-corrected chi connectivity index (χ4v) is 4.96. The van der Waals surface area contributed by atoms with E-state index < -0.39 is 0 Å². The Kier molecular flexibility index (Phi) is 9.71. The third-order valence-electron chi connectivity index (χ3n) is 7.10. The molecule has 1 aliphatic carbocycles. The SMILES string of the molecule is CCCCCCC(=O)c1ccc(-c2ccc([C@H]3CC[C@H](CCCCC)C(=O)C3)cc2)cc1. The molecule has 0 radical (unpaired) electrons. The number of unbranched alkanes of at least 4 members (excludes halogenated alkanes) is 5. The molecule has 1 aliphatic rings. The first-order chi connectivity index (χ1) is 15.6. The molecule has 1 saturated carbocycles. The van der Waals surface area contributed by atoms with Gasteiger partial charge >= 0.3 is 0 Å². The molecule has 2 atom stereocenters. The number of carbonyl (C=O) groups excluding carboxylic acids is 2. The summed E-state index contributed by atoms with van der Waals surface area (Å²) in [5.74, 6) is 1.38. The molecule has 2 aromatic rings. The molecule has 0 amide bonds. The van der Waals surface area contributed by atoms with Crippen LogP contribution in [0.1, 0.15) is 113 Å². The summed E-state index contributed by atoms with van der Waals surface area (Å²) in [6, 6.07) is 16.7. The van der Waals surface area contributed by atoms with Crippen molar-refractivity contribution in [3.8, 4) is 11.1 Å². The number of ketones is 2. The van der Waals surface area contributed by atoms with Crippen LogP contribution in [0.25, 0.3) is 11.1 Å². The molecule has 32 heavy (non-hydrogen) atoms. The summed E-state index contributed by atoms with van der Waals surface area (Å²) in [4.78, 5) is 25.0. The van der Waals surface area contributed by atoms with Crippen LogP contribution in [0.2, 0.25) is 0 Å². The molecule has 0 aromatic heterocycles. The fourth-order valence-electron chi connectivity index (χ4n) is 4.96. The van der Waals surface area contributed by atoms with Gasteiger partial charge < -0.3 is 0 Å². The number of rotatable bonds is 12. The maximum Gasteiger partial charge on any atom is 0.162 e. The highest BCUT2D eigenvalue weighted by molar-refractivity contribution is 5.96. The van der Waals surface area contributed by atoms with E-state index in [0.717, 1.165) is 48.8 Å². The lowest BCUT2D eigenvalue weighted by atomic mass is 9.76. The van der Waals surface area contributed by atoms with Gasteiger partial charge in [-0.15, -0.1) is 0 Å². The highest BCUT2D eigenvalue weighted by Gasteiger charge is 2.28. The van der Waals surface area contributed by atoms with E-state index >= 15 is 0 Å². The van der Waals surface area contributed by atoms with Gasteiger partial charge in [0.25, 0.3) is 0 Å². The summed E-state index contributed by atoms with van der Waals surface area (Å²) in [5, 5.41) is 0. The van der Waals surface area contributed by atoms with Gasteiger partial charge in [-0.25, -0.2) is 0 Å². The smallest absolute Gasteiger partial charge is 0.162 e. The van der Waals surface area contributed by atoms with Crippen molar-refractivity contribution in [2.24, 2.45) is 5.92 Å². The maximum atomic E-state index is 12.6. The highest BCUT2D eigenvalue weighted by atomic mass is 16.1. The fraction of sp³-hybridized carbons (Fsp3) is 0.533. The van der Waals surface area contributed by atoms with E-state index in [1.165, 1.54) is 37.7 Å². The molecule has 0 aliphatic heterocycles. The first-order valence-electron chi connectivity index (χ1n) is 12.9. The Morgan fingerprint density at radius 1 is 0.781 bits per heavy atom. The van der Waals surface area contributed by atoms with Crippen LogP contribution in [0.15, 0.2) is 48.5 Å². The normalized spacial score (nSPS) is 18.6. The second-order valence-corrected chi connectivity index (χ2v) is 9.57. The van der Waals surface area contributed by atoms with Crippen LogP contribution in [0.5, 0.6) is 0 Å². The number of carbonyl (C=O) groups is 2. The molecule has 1 fully saturated rings. The molecule has 172 valence electrons. The van der Waals surface area contributed by atoms with Gasteiger partial charge in [0.1, 0.15) is 5.78 Å². The van der Waals surface area contributed by atoms with Gasteiger partial charge in [0.15, 0.2) is 5.78 Å². The number of benzene rings is 2. The summed E-state index contributed by atoms with van der Waals surface area (Å²) < 4.78 is 0. The van der Waals surface area contributed by atoms with Crippen LogP contribution in [-0.2, 0) is 4.79 Å². The summed E-state index contributed by atoms with van der Waals surface area (Å²) in [5.41, 5.74) is 4.40. The van der Waals surface area contributed by atoms with Crippen molar-refractivity contribution in [2.75, 3.05) is 0 Å². The Hall–Kier alpha value is -2.22. The van der Waals surface area contributed by atoms with Crippen LogP contribution >= 0.6 is 0 Å². The minimum absolute atomic E-state index is 0.248. The van der Waals surface area contributed by atoms with Gasteiger partial charge in [-0.2, -0.15) is 0 Å². The first kappa shape index (κ1) is 24.4. The Labute approximate surface area is 194 Å². The van der Waals surface area contributed by atoms with E-state index in [2.05, 4.69) is 50.2 Å². The lowest BCUT2D eigenvalue weighted by Gasteiger charge is -2.28. The minimum Gasteiger partial charge on any atom is -0.299 e. The molecule has 0 bridgehead atoms. The number of hydrogen-bond acceptors (Lipinski definition) is 2. The zero-order chi connectivity index (χ0) is 22.8. The summed E-state index contributed by atoms with van der Waals surface area (Å²) in [6.07, 6.45) is 12.8. The van der Waals surface area contributed by atoms with Crippen molar-refractivity contribution in [1.82, 2.24) is 0 Å². The van der Waals surface area contributed by atoms with Gasteiger partial charge in [0.2, 0.25) is 0 Å². The van der Waals surface area contributed by atoms with Crippen molar-refractivity contribution in [3.63, 3.8) is 0 Å². The van der Waals surface area contributed by atoms with Crippen LogP contribution in [-0.4, -0.2) is 11.6 Å². The molecule has 2 aromatic carbocycles. The second kappa shape index (κ2) is 12.7. The van der Waals surface area contributed by atoms with E-state index in [1.54, 1.807) is 0 Å². The average molecular weight is 433 g/mol. The summed E-state index contributed by atoms with van der Waals surface area (Å²) >= 11 is 0. The third kappa shape index (κ3) is 6.89. The lowest BCUT2D eigenvalue weighted by molar-refractivity contribution is -0.125. The maximum absolute atomic E-state index is 12.6. The van der Waals surface area contributed by atoms with E-state index in [9.17, 15) is 9.59 Å². The molecule has 3 rings (SSSR count). The standard InChI is InChI=1S/C30H40O2/c1-3-5-7-9-11-29(31)27-18-16-24(17-19-27)23-12-14-25(15-13-23)28-21-20-26(30(32)22-28)10-8-6-4-2/h12-19,26,28H,3-11,20-22H2,1-2H3/t26-,28-/m0/s1. The van der Waals surface area contributed by atoms with Gasteiger partial charge in [0.05, 0.1) is 0 Å². The lowest BCUT2D eigenvalue weighted by Crippen LogP contribution is -2.23. The van der Waals surface area contributed by atoms with Gasteiger partial charge in [-0.3, -0.25) is 9.59 Å². The Morgan fingerprint density at radius 2 is 1.41 bits per heavy atom. The molecule has 0 spiro atoms. The first-order valence-corrected chi connectivity index (χ1v) is 12.9. The Morgan fingerprint density at radius 3 is 2.03 bits per heavy atom. The molecule has 2 heteroatoms. The van der Waals surface area contributed by atoms with Crippen molar-refractivity contribution in [1.29, 1.82) is 0 Å². The minimum atomic E-state index is 0.248. The van der Waals surface area contributed by atoms with E-state index in [-0.39, 0.29) is 5.78 Å². The summed E-state index contributed by atoms with van der Waals surface area (Å²) in [6.45, 7) is 4.40. The van der Waals surface area contributed by atoms with Gasteiger partial charge in [0, 0.05) is 24.3 Å². The van der Waals surface area contributed by atoms with Crippen LogP contribution < -0.4 is 0 Å². The van der Waals surface area contributed by atoms with Crippen LogP contribution in [0.3, 0.4) is 0 Å². The Bertz CT molecular complexity index is 847. The molecular weight excluding hydrogens is 392 g/mol. The number of hydrogen-bond donors (Lipinski definition) is 0. The van der Waals surface area contributed by atoms with E-state index in [1.807, 2.05) is 12.1 Å². The molecule has 0 heterocycles. The molecule has 0 N–H and O–H groups in total. The van der Waals surface area contributed by atoms with Gasteiger partial charge in [-0.05, 0) is 48.3 Å². The largest absolute Gasteiger partial charge is 0.299 e. The van der Waals surface area contributed by atoms with E-state index in [4.69, 9.17) is 0 Å². The molecular formula is C30H40O2. The Balaban J connectivity index is 1.54. The quantitative estimate of drug-likeness (QED) is 0.249. The predicted molar refractivity (Wildman–Crippen MR) is 134 cm³/mol. The zero-order valence-corrected chi connectivity index (χ0v) is 20.1. The van der Waals surface area contributed by atoms with Crippen LogP contribution in [0.4, 0.5) is 0 Å². The van der Waals surface area contributed by atoms with Crippen molar-refractivity contribution >= 4 is 11.6 Å². The monoisotopic (exact) mass is 432 g/mol. The average Bonchev–Trinajstić information content (AvgIpc) is 2.83. The molecule has 0 unspecified atom stereocenters. The van der Waals surface area contributed by atoms with Crippen molar-refractivity contribution < 1.29 is 9.59 Å². The number of Topliss-reactive ketones (excluding diaryl/α,β-unsaturated/α-hetero) is 2. The second-order valence-electron chi connectivity index (χ2n) is 9.57. The van der Waals surface area contributed by atoms with Crippen molar-refractivity contribution in [2.45, 2.75) is 96.8 Å². The molecule has 2 nitrogen and oxygen atoms in total. The van der Waals surface area contributed by atoms with E-state index in [0.29, 0.717) is 30.5 Å². The molecule has 0 saturated heterocycles. The summed E-state index contributed by atoms with van der Waals surface area (Å²) in [7, 11) is 0.